The van der Waals surface area contributed by atoms with E-state index in [2.05, 4.69) is 4.72 Å². The summed E-state index contributed by atoms with van der Waals surface area (Å²) in [7, 11) is -1.04. The summed E-state index contributed by atoms with van der Waals surface area (Å²) in [4.78, 5) is 24.3. The Morgan fingerprint density at radius 3 is 2.35 bits per heavy atom. The maximum Gasteiger partial charge on any atom is 0.321 e. The number of hydrogen-bond donors (Lipinski definition) is 1. The van der Waals surface area contributed by atoms with Crippen molar-refractivity contribution in [1.82, 2.24) is 4.72 Å². The van der Waals surface area contributed by atoms with E-state index >= 15 is 0 Å². The van der Waals surface area contributed by atoms with Crippen molar-refractivity contribution in [2.24, 2.45) is 0 Å². The van der Waals surface area contributed by atoms with Crippen LogP contribution in [0.15, 0.2) is 65.6 Å². The maximum atomic E-state index is 12.5. The molecule has 0 fully saturated rings. The van der Waals surface area contributed by atoms with Gasteiger partial charge in [0.25, 0.3) is 0 Å². The number of nitrogens with one attached hydrogen (secondary N) is 1. The molecule has 9 heteroatoms. The lowest BCUT2D eigenvalue weighted by molar-refractivity contribution is -0.141. The van der Waals surface area contributed by atoms with Gasteiger partial charge in [-0.05, 0) is 35.0 Å². The molecule has 0 aromatic heterocycles. The fraction of sp³-hybridized carbons (Fsp3) is 0.182. The largest absolute Gasteiger partial charge is 0.497 e. The number of ketones is 1. The summed E-state index contributed by atoms with van der Waals surface area (Å²) in [6, 6.07) is 16.6. The molecule has 0 heterocycles. The topological polar surface area (TPSA) is 108 Å². The van der Waals surface area contributed by atoms with Gasteiger partial charge in [-0.2, -0.15) is 4.72 Å². The molecule has 1 N–H and O–H groups in total. The smallest absolute Gasteiger partial charge is 0.321 e. The van der Waals surface area contributed by atoms with Gasteiger partial charge >= 0.3 is 5.97 Å². The lowest BCUT2D eigenvalue weighted by atomic mass is 10.1. The van der Waals surface area contributed by atoms with E-state index in [-0.39, 0.29) is 16.2 Å². The summed E-state index contributed by atoms with van der Waals surface area (Å²) in [6.07, 6.45) is 0. The zero-order valence-corrected chi connectivity index (χ0v) is 17.8. The maximum absolute atomic E-state index is 12.5. The second-order valence-electron chi connectivity index (χ2n) is 6.48. The highest BCUT2D eigenvalue weighted by Crippen LogP contribution is 2.25. The highest BCUT2D eigenvalue weighted by molar-refractivity contribution is 7.89. The second kappa shape index (κ2) is 9.59. The number of carbonyl (C=O) groups is 2. The van der Waals surface area contributed by atoms with E-state index in [1.807, 2.05) is 12.1 Å². The predicted octanol–water partition coefficient (Wildman–Crippen LogP) is 2.56. The molecule has 3 rings (SSSR count). The van der Waals surface area contributed by atoms with E-state index in [0.717, 1.165) is 10.8 Å². The molecule has 162 valence electrons. The Morgan fingerprint density at radius 1 is 0.903 bits per heavy atom. The summed E-state index contributed by atoms with van der Waals surface area (Å²) >= 11 is 0. The van der Waals surface area contributed by atoms with E-state index in [0.29, 0.717) is 5.75 Å². The van der Waals surface area contributed by atoms with Gasteiger partial charge < -0.3 is 14.2 Å². The Balaban J connectivity index is 1.58. The molecule has 0 aliphatic heterocycles. The normalized spacial score (nSPS) is 11.2. The van der Waals surface area contributed by atoms with Crippen molar-refractivity contribution in [3.63, 3.8) is 0 Å². The van der Waals surface area contributed by atoms with Gasteiger partial charge in [-0.25, -0.2) is 8.42 Å². The molecule has 0 bridgehead atoms. The average Bonchev–Trinajstić information content (AvgIpc) is 2.80. The first-order chi connectivity index (χ1) is 14.8. The van der Waals surface area contributed by atoms with Crippen LogP contribution in [0.4, 0.5) is 0 Å². The molecule has 0 aliphatic rings. The van der Waals surface area contributed by atoms with Crippen molar-refractivity contribution in [2.45, 2.75) is 4.90 Å². The van der Waals surface area contributed by atoms with E-state index in [9.17, 15) is 18.0 Å². The number of hydrogen-bond acceptors (Lipinski definition) is 7. The third kappa shape index (κ3) is 5.39. The Kier molecular flexibility index (Phi) is 6.88. The summed E-state index contributed by atoms with van der Waals surface area (Å²) in [6.45, 7) is -1.17. The van der Waals surface area contributed by atoms with Crippen LogP contribution in [0, 0.1) is 0 Å². The van der Waals surface area contributed by atoms with Gasteiger partial charge in [-0.15, -0.1) is 0 Å². The van der Waals surface area contributed by atoms with Crippen molar-refractivity contribution in [1.29, 1.82) is 0 Å². The molecule has 0 spiro atoms. The minimum Gasteiger partial charge on any atom is -0.497 e. The summed E-state index contributed by atoms with van der Waals surface area (Å²) in [5, 5.41) is 1.65. The van der Waals surface area contributed by atoms with Gasteiger partial charge in [0, 0.05) is 6.07 Å². The van der Waals surface area contributed by atoms with Gasteiger partial charge in [-0.3, -0.25) is 9.59 Å². The highest BCUT2D eigenvalue weighted by atomic mass is 32.2. The van der Waals surface area contributed by atoms with Crippen LogP contribution in [0.25, 0.3) is 10.8 Å². The standard InChI is InChI=1S/C22H21NO7S/c1-28-17-8-10-19(21(12-17)29-2)20(24)14-30-22(25)13-23-31(26,27)18-9-7-15-5-3-4-6-16(15)11-18/h3-12,23H,13-14H2,1-2H3. The number of benzene rings is 3. The molecule has 0 atom stereocenters. The Labute approximate surface area is 179 Å². The van der Waals surface area contributed by atoms with Crippen LogP contribution in [0.2, 0.25) is 0 Å². The summed E-state index contributed by atoms with van der Waals surface area (Å²) < 4.78 is 42.3. The zero-order chi connectivity index (χ0) is 22.4. The fourth-order valence-electron chi connectivity index (χ4n) is 2.88. The first-order valence-electron chi connectivity index (χ1n) is 9.23. The molecule has 0 saturated heterocycles. The quantitative estimate of drug-likeness (QED) is 0.400. The van der Waals surface area contributed by atoms with Gasteiger partial charge in [-0.1, -0.05) is 30.3 Å². The summed E-state index contributed by atoms with van der Waals surface area (Å²) in [5.41, 5.74) is 0.216. The van der Waals surface area contributed by atoms with Crippen LogP contribution in [0.3, 0.4) is 0 Å². The molecule has 0 amide bonds. The van der Waals surface area contributed by atoms with Crippen molar-refractivity contribution in [3.05, 3.63) is 66.2 Å². The molecular formula is C22H21NO7S. The zero-order valence-electron chi connectivity index (χ0n) is 17.0. The molecule has 0 saturated carbocycles. The molecule has 0 radical (unpaired) electrons. The van der Waals surface area contributed by atoms with Crippen LogP contribution < -0.4 is 14.2 Å². The van der Waals surface area contributed by atoms with E-state index in [1.165, 1.54) is 38.5 Å². The molecule has 3 aromatic carbocycles. The van der Waals surface area contributed by atoms with Crippen LogP contribution >= 0.6 is 0 Å². The van der Waals surface area contributed by atoms with Gasteiger partial charge in [0.15, 0.2) is 6.61 Å². The van der Waals surface area contributed by atoms with E-state index in [4.69, 9.17) is 14.2 Å². The highest BCUT2D eigenvalue weighted by Gasteiger charge is 2.19. The first kappa shape index (κ1) is 22.3. The fourth-order valence-corrected chi connectivity index (χ4v) is 3.88. The Hall–Kier alpha value is -3.43. The van der Waals surface area contributed by atoms with Crippen LogP contribution in [0.1, 0.15) is 10.4 Å². The molecule has 3 aromatic rings. The first-order valence-corrected chi connectivity index (χ1v) is 10.7. The number of esters is 1. The molecule has 31 heavy (non-hydrogen) atoms. The summed E-state index contributed by atoms with van der Waals surface area (Å²) in [5.74, 6) is -0.596. The van der Waals surface area contributed by atoms with E-state index in [1.54, 1.807) is 24.3 Å². The molecule has 8 nitrogen and oxygen atoms in total. The third-order valence-electron chi connectivity index (χ3n) is 4.51. The number of carbonyl (C=O) groups excluding carboxylic acids is 2. The average molecular weight is 443 g/mol. The number of rotatable bonds is 9. The van der Waals surface area contributed by atoms with Gasteiger partial charge in [0.2, 0.25) is 15.8 Å². The van der Waals surface area contributed by atoms with E-state index < -0.39 is 34.9 Å². The van der Waals surface area contributed by atoms with Gasteiger partial charge in [0.1, 0.15) is 18.0 Å². The number of sulfonamides is 1. The number of ether oxygens (including phenoxy) is 3. The van der Waals surface area contributed by atoms with Crippen LogP contribution in [0.5, 0.6) is 11.5 Å². The number of fused-ring (bicyclic) bond motifs is 1. The van der Waals surface area contributed by atoms with Crippen molar-refractivity contribution >= 4 is 32.5 Å². The lowest BCUT2D eigenvalue weighted by Crippen LogP contribution is -2.31. The van der Waals surface area contributed by atoms with Crippen molar-refractivity contribution in [3.8, 4) is 11.5 Å². The predicted molar refractivity (Wildman–Crippen MR) is 114 cm³/mol. The van der Waals surface area contributed by atoms with Crippen molar-refractivity contribution in [2.75, 3.05) is 27.4 Å². The Bertz CT molecular complexity index is 1220. The molecule has 0 unspecified atom stereocenters. The van der Waals surface area contributed by atoms with Crippen LogP contribution in [-0.2, 0) is 19.6 Å². The van der Waals surface area contributed by atoms with Crippen LogP contribution in [-0.4, -0.2) is 47.5 Å². The molecule has 0 aliphatic carbocycles. The Morgan fingerprint density at radius 2 is 1.65 bits per heavy atom. The SMILES string of the molecule is COc1ccc(C(=O)COC(=O)CNS(=O)(=O)c2ccc3ccccc3c2)c(OC)c1. The van der Waals surface area contributed by atoms with Crippen molar-refractivity contribution < 1.29 is 32.2 Å². The monoisotopic (exact) mass is 443 g/mol. The minimum absolute atomic E-state index is 0.0260. The second-order valence-corrected chi connectivity index (χ2v) is 8.25. The number of Topliss-reactive ketones (excluding diaryl/α,β-unsaturated/α-hetero) is 1. The van der Waals surface area contributed by atoms with Gasteiger partial charge in [0.05, 0.1) is 24.7 Å². The number of methoxy groups -OCH3 is 2. The minimum atomic E-state index is -3.93. The molecular weight excluding hydrogens is 422 g/mol. The lowest BCUT2D eigenvalue weighted by Gasteiger charge is -2.10. The third-order valence-corrected chi connectivity index (χ3v) is 5.91.